The number of carbonyl (C=O) groups is 2. The second-order valence-corrected chi connectivity index (χ2v) is 9.93. The van der Waals surface area contributed by atoms with E-state index >= 15 is 0 Å². The molecule has 0 aliphatic carbocycles. The van der Waals surface area contributed by atoms with Gasteiger partial charge in [0.15, 0.2) is 11.5 Å². The molecule has 0 N–H and O–H groups in total. The number of aliphatic imine (C=N–C) groups is 1. The van der Waals surface area contributed by atoms with Crippen LogP contribution in [0.25, 0.3) is 0 Å². The Labute approximate surface area is 204 Å². The first-order valence-electron chi connectivity index (χ1n) is 11.9. The fraction of sp³-hybridized carbons (Fsp3) is 0.276. The Hall–Kier alpha value is -3.93. The molecule has 0 saturated carbocycles. The van der Waals surface area contributed by atoms with Gasteiger partial charge in [-0.1, -0.05) is 42.5 Å². The lowest BCUT2D eigenvalue weighted by Gasteiger charge is -2.28. The molecule has 3 heterocycles. The lowest BCUT2D eigenvalue weighted by Crippen LogP contribution is -2.39. The van der Waals surface area contributed by atoms with E-state index in [0.29, 0.717) is 23.3 Å². The molecule has 35 heavy (non-hydrogen) atoms. The molecule has 3 aliphatic rings. The topological polar surface area (TPSA) is 68.2 Å². The van der Waals surface area contributed by atoms with Crippen molar-refractivity contribution in [2.45, 2.75) is 38.3 Å². The molecular weight excluding hydrogens is 440 g/mol. The molecule has 176 valence electrons. The van der Waals surface area contributed by atoms with Crippen LogP contribution in [-0.2, 0) is 12.8 Å². The minimum Gasteiger partial charge on any atom is -0.493 e. The zero-order valence-corrected chi connectivity index (χ0v) is 20.0. The van der Waals surface area contributed by atoms with E-state index in [0.717, 1.165) is 40.1 Å². The van der Waals surface area contributed by atoms with E-state index < -0.39 is 0 Å². The van der Waals surface area contributed by atoms with Crippen LogP contribution in [0.1, 0.15) is 56.8 Å². The maximum absolute atomic E-state index is 13.0. The number of benzene rings is 3. The van der Waals surface area contributed by atoms with Gasteiger partial charge in [0.2, 0.25) is 0 Å². The molecule has 0 saturated heterocycles. The van der Waals surface area contributed by atoms with Gasteiger partial charge in [0.1, 0.15) is 5.60 Å². The quantitative estimate of drug-likeness (QED) is 0.532. The van der Waals surface area contributed by atoms with Crippen molar-refractivity contribution in [2.24, 2.45) is 4.99 Å². The molecule has 6 nitrogen and oxygen atoms in total. The Morgan fingerprint density at radius 3 is 2.34 bits per heavy atom. The molecule has 0 bridgehead atoms. The van der Waals surface area contributed by atoms with Crippen LogP contribution in [0.3, 0.4) is 0 Å². The summed E-state index contributed by atoms with van der Waals surface area (Å²) in [6.45, 7) is 4.38. The number of ether oxygens (including phenoxy) is 2. The number of nitrogens with zero attached hydrogens (tertiary/aromatic N) is 2. The zero-order valence-electron chi connectivity index (χ0n) is 20.0. The summed E-state index contributed by atoms with van der Waals surface area (Å²) in [7, 11) is 1.65. The Kier molecular flexibility index (Phi) is 4.81. The van der Waals surface area contributed by atoms with Gasteiger partial charge >= 0.3 is 0 Å². The normalized spacial score (nSPS) is 19.6. The van der Waals surface area contributed by atoms with Crippen molar-refractivity contribution >= 4 is 17.5 Å². The van der Waals surface area contributed by atoms with Crippen LogP contribution < -0.4 is 9.47 Å². The molecule has 0 fully saturated rings. The summed E-state index contributed by atoms with van der Waals surface area (Å²) in [5.74, 6) is 0.973. The Morgan fingerprint density at radius 2 is 1.69 bits per heavy atom. The molecule has 1 unspecified atom stereocenters. The van der Waals surface area contributed by atoms with E-state index in [9.17, 15) is 9.59 Å². The van der Waals surface area contributed by atoms with Gasteiger partial charge in [-0.15, -0.1) is 0 Å². The largest absolute Gasteiger partial charge is 0.493 e. The van der Waals surface area contributed by atoms with E-state index in [4.69, 9.17) is 14.5 Å². The second kappa shape index (κ2) is 7.80. The molecule has 0 spiro atoms. The smallest absolute Gasteiger partial charge is 0.261 e. The molecule has 3 aromatic rings. The average Bonchev–Trinajstić information content (AvgIpc) is 3.32. The van der Waals surface area contributed by atoms with Crippen LogP contribution in [0.2, 0.25) is 0 Å². The van der Waals surface area contributed by atoms with Crippen molar-refractivity contribution in [1.29, 1.82) is 0 Å². The zero-order chi connectivity index (χ0) is 24.3. The van der Waals surface area contributed by atoms with E-state index in [1.165, 1.54) is 4.90 Å². The standard InChI is InChI=1S/C29H26N2O4/c1-29(2)15-22-24-18(14-23(34-3)26(22)35-29)13-19(30-25(24)17-9-5-4-6-10-17)16-31-27(32)20-11-7-8-12-21(20)28(31)33/h4-12,14,19H,13,15-16H2,1-3H3. The van der Waals surface area contributed by atoms with Gasteiger partial charge in [0, 0.05) is 23.1 Å². The third-order valence-corrected chi connectivity index (χ3v) is 6.95. The van der Waals surface area contributed by atoms with Gasteiger partial charge in [-0.3, -0.25) is 19.5 Å². The van der Waals surface area contributed by atoms with Crippen LogP contribution in [0.4, 0.5) is 0 Å². The minimum absolute atomic E-state index is 0.226. The molecule has 6 rings (SSSR count). The molecule has 2 amide bonds. The highest BCUT2D eigenvalue weighted by atomic mass is 16.5. The molecule has 3 aliphatic heterocycles. The highest BCUT2D eigenvalue weighted by Crippen LogP contribution is 2.47. The van der Waals surface area contributed by atoms with Gasteiger partial charge in [-0.05, 0) is 44.0 Å². The van der Waals surface area contributed by atoms with Crippen molar-refractivity contribution in [1.82, 2.24) is 4.90 Å². The summed E-state index contributed by atoms with van der Waals surface area (Å²) in [5.41, 5.74) is 5.72. The highest BCUT2D eigenvalue weighted by molar-refractivity contribution is 6.21. The molecule has 6 heteroatoms. The van der Waals surface area contributed by atoms with Crippen LogP contribution in [0.5, 0.6) is 11.5 Å². The van der Waals surface area contributed by atoms with Crippen molar-refractivity contribution in [3.05, 3.63) is 94.0 Å². The fourth-order valence-corrected chi connectivity index (χ4v) is 5.46. The average molecular weight is 467 g/mol. The first-order valence-corrected chi connectivity index (χ1v) is 11.9. The number of amides is 2. The van der Waals surface area contributed by atoms with Gasteiger partial charge in [0.25, 0.3) is 11.8 Å². The van der Waals surface area contributed by atoms with Crippen molar-refractivity contribution in [2.75, 3.05) is 13.7 Å². The van der Waals surface area contributed by atoms with Crippen molar-refractivity contribution in [3.8, 4) is 11.5 Å². The number of imide groups is 1. The number of methoxy groups -OCH3 is 1. The highest BCUT2D eigenvalue weighted by Gasteiger charge is 2.40. The van der Waals surface area contributed by atoms with Crippen molar-refractivity contribution < 1.29 is 19.1 Å². The monoisotopic (exact) mass is 466 g/mol. The summed E-state index contributed by atoms with van der Waals surface area (Å²) in [6, 6.07) is 18.8. The number of hydrogen-bond donors (Lipinski definition) is 0. The first-order chi connectivity index (χ1) is 16.9. The number of hydrogen-bond acceptors (Lipinski definition) is 5. The van der Waals surface area contributed by atoms with Gasteiger partial charge in [-0.2, -0.15) is 0 Å². The molecular formula is C29H26N2O4. The Bertz CT molecular complexity index is 1370. The van der Waals surface area contributed by atoms with Crippen LogP contribution in [-0.4, -0.2) is 47.7 Å². The van der Waals surface area contributed by atoms with Gasteiger partial charge in [0.05, 0.1) is 36.5 Å². The molecule has 1 atom stereocenters. The predicted octanol–water partition coefficient (Wildman–Crippen LogP) is 4.47. The first kappa shape index (κ1) is 21.6. The van der Waals surface area contributed by atoms with Gasteiger partial charge < -0.3 is 9.47 Å². The SMILES string of the molecule is COc1cc2c(c3c1OC(C)(C)C3)C(c1ccccc1)=NC(CN1C(=O)c3ccccc3C1=O)C2. The summed E-state index contributed by atoms with van der Waals surface area (Å²) in [6.07, 6.45) is 1.35. The van der Waals surface area contributed by atoms with E-state index in [1.807, 2.05) is 36.4 Å². The summed E-state index contributed by atoms with van der Waals surface area (Å²) in [4.78, 5) is 32.5. The Balaban J connectivity index is 1.44. The van der Waals surface area contributed by atoms with E-state index in [1.54, 1.807) is 31.4 Å². The van der Waals surface area contributed by atoms with E-state index in [2.05, 4.69) is 13.8 Å². The summed E-state index contributed by atoms with van der Waals surface area (Å²) in [5, 5.41) is 0. The summed E-state index contributed by atoms with van der Waals surface area (Å²) >= 11 is 0. The molecule has 0 aromatic heterocycles. The number of rotatable bonds is 4. The lowest BCUT2D eigenvalue weighted by atomic mass is 9.84. The van der Waals surface area contributed by atoms with Crippen molar-refractivity contribution in [3.63, 3.8) is 0 Å². The third-order valence-electron chi connectivity index (χ3n) is 6.95. The van der Waals surface area contributed by atoms with Crippen LogP contribution >= 0.6 is 0 Å². The predicted molar refractivity (Wildman–Crippen MR) is 133 cm³/mol. The third kappa shape index (κ3) is 3.43. The maximum atomic E-state index is 13.0. The summed E-state index contributed by atoms with van der Waals surface area (Å²) < 4.78 is 12.0. The van der Waals surface area contributed by atoms with Crippen LogP contribution in [0.15, 0.2) is 65.7 Å². The minimum atomic E-state index is -0.344. The maximum Gasteiger partial charge on any atom is 0.261 e. The lowest BCUT2D eigenvalue weighted by molar-refractivity contribution is 0.0644. The van der Waals surface area contributed by atoms with E-state index in [-0.39, 0.29) is 30.0 Å². The molecule has 3 aromatic carbocycles. The second-order valence-electron chi connectivity index (χ2n) is 9.93. The fourth-order valence-electron chi connectivity index (χ4n) is 5.46. The number of fused-ring (bicyclic) bond motifs is 4. The van der Waals surface area contributed by atoms with Crippen LogP contribution in [0, 0.1) is 0 Å². The molecule has 0 radical (unpaired) electrons. The van der Waals surface area contributed by atoms with Gasteiger partial charge in [-0.25, -0.2) is 0 Å². The number of carbonyl (C=O) groups excluding carboxylic acids is 2. The Morgan fingerprint density at radius 1 is 1.03 bits per heavy atom.